The van der Waals surface area contributed by atoms with Crippen LogP contribution in [-0.2, 0) is 14.3 Å². The highest BCUT2D eigenvalue weighted by Crippen LogP contribution is 2.16. The van der Waals surface area contributed by atoms with E-state index in [9.17, 15) is 19.8 Å². The van der Waals surface area contributed by atoms with Gasteiger partial charge >= 0.3 is 5.97 Å². The molecule has 1 aliphatic rings. The lowest BCUT2D eigenvalue weighted by Crippen LogP contribution is -2.46. The van der Waals surface area contributed by atoms with E-state index >= 15 is 0 Å². The van der Waals surface area contributed by atoms with Crippen molar-refractivity contribution in [1.82, 2.24) is 0 Å². The number of ketones is 1. The molecule has 1 rings (SSSR count). The van der Waals surface area contributed by atoms with Crippen LogP contribution in [0.25, 0.3) is 0 Å². The van der Waals surface area contributed by atoms with E-state index in [0.717, 1.165) is 6.08 Å². The molecule has 15 heavy (non-hydrogen) atoms. The zero-order valence-electron chi connectivity index (χ0n) is 8.08. The number of aliphatic hydroxyl groups excluding tert-OH is 3. The van der Waals surface area contributed by atoms with Crippen molar-refractivity contribution in [1.29, 1.82) is 0 Å². The van der Waals surface area contributed by atoms with E-state index in [4.69, 9.17) is 5.11 Å². The molecule has 6 heteroatoms. The van der Waals surface area contributed by atoms with Crippen molar-refractivity contribution in [3.8, 4) is 0 Å². The van der Waals surface area contributed by atoms with Crippen LogP contribution in [0.5, 0.6) is 0 Å². The summed E-state index contributed by atoms with van der Waals surface area (Å²) in [7, 11) is 0. The van der Waals surface area contributed by atoms with Gasteiger partial charge in [-0.25, -0.2) is 0 Å². The fourth-order valence-corrected chi connectivity index (χ4v) is 1.22. The molecule has 0 heterocycles. The van der Waals surface area contributed by atoms with Crippen molar-refractivity contribution in [2.45, 2.75) is 25.2 Å². The van der Waals surface area contributed by atoms with E-state index in [0.29, 0.717) is 0 Å². The van der Waals surface area contributed by atoms with Gasteiger partial charge in [-0.3, -0.25) is 9.59 Å². The second kappa shape index (κ2) is 4.52. The molecular weight excluding hydrogens is 204 g/mol. The number of aliphatic hydroxyl groups is 3. The van der Waals surface area contributed by atoms with Gasteiger partial charge in [-0.2, -0.15) is 0 Å². The fourth-order valence-electron chi connectivity index (χ4n) is 1.22. The molecule has 0 aliphatic heterocycles. The lowest BCUT2D eigenvalue weighted by Gasteiger charge is -2.26. The van der Waals surface area contributed by atoms with Crippen LogP contribution in [0.1, 0.15) is 6.92 Å². The van der Waals surface area contributed by atoms with Crippen molar-refractivity contribution < 1.29 is 29.6 Å². The lowest BCUT2D eigenvalue weighted by atomic mass is 9.91. The highest BCUT2D eigenvalue weighted by Gasteiger charge is 2.36. The van der Waals surface area contributed by atoms with E-state index in [1.54, 1.807) is 0 Å². The summed E-state index contributed by atoms with van der Waals surface area (Å²) in [6.45, 7) is 0.866. The molecule has 0 unspecified atom stereocenters. The number of hydrogen-bond donors (Lipinski definition) is 3. The zero-order chi connectivity index (χ0) is 11.6. The number of carbonyl (C=O) groups excluding carboxylic acids is 2. The molecular formula is C9H12O6. The maximum absolute atomic E-state index is 11.3. The Balaban J connectivity index is 2.75. The summed E-state index contributed by atoms with van der Waals surface area (Å²) >= 11 is 0. The van der Waals surface area contributed by atoms with Crippen LogP contribution in [-0.4, -0.2) is 52.0 Å². The molecule has 0 amide bonds. The summed E-state index contributed by atoms with van der Waals surface area (Å²) in [5, 5.41) is 27.6. The largest absolute Gasteiger partial charge is 0.461 e. The third-order valence-electron chi connectivity index (χ3n) is 2.06. The molecule has 0 saturated heterocycles. The average molecular weight is 216 g/mol. The first kappa shape index (κ1) is 11.8. The highest BCUT2D eigenvalue weighted by molar-refractivity contribution is 6.00. The van der Waals surface area contributed by atoms with Crippen LogP contribution in [0.15, 0.2) is 11.6 Å². The monoisotopic (exact) mass is 216 g/mol. The van der Waals surface area contributed by atoms with E-state index in [1.807, 2.05) is 0 Å². The molecule has 0 fully saturated rings. The number of hydrogen-bond acceptors (Lipinski definition) is 6. The molecule has 0 saturated carbocycles. The van der Waals surface area contributed by atoms with Crippen LogP contribution in [0.3, 0.4) is 0 Å². The first-order valence-electron chi connectivity index (χ1n) is 4.36. The van der Waals surface area contributed by atoms with Gasteiger partial charge in [0.15, 0.2) is 5.78 Å². The average Bonchev–Trinajstić information content (AvgIpc) is 2.18. The maximum Gasteiger partial charge on any atom is 0.302 e. The van der Waals surface area contributed by atoms with Crippen molar-refractivity contribution in [2.24, 2.45) is 0 Å². The number of rotatable bonds is 2. The van der Waals surface area contributed by atoms with Crippen molar-refractivity contribution >= 4 is 11.8 Å². The van der Waals surface area contributed by atoms with Crippen molar-refractivity contribution in [3.05, 3.63) is 11.6 Å². The van der Waals surface area contributed by atoms with Gasteiger partial charge in [0.2, 0.25) is 0 Å². The van der Waals surface area contributed by atoms with Gasteiger partial charge in [0.25, 0.3) is 0 Å². The molecule has 0 aromatic rings. The van der Waals surface area contributed by atoms with Gasteiger partial charge in [-0.1, -0.05) is 0 Å². The molecule has 0 bridgehead atoms. The Kier molecular flexibility index (Phi) is 3.57. The first-order valence-corrected chi connectivity index (χ1v) is 4.36. The topological polar surface area (TPSA) is 104 Å². The van der Waals surface area contributed by atoms with Gasteiger partial charge in [0.1, 0.15) is 24.9 Å². The van der Waals surface area contributed by atoms with Crippen LogP contribution in [0, 0.1) is 0 Å². The Morgan fingerprint density at radius 3 is 2.60 bits per heavy atom. The van der Waals surface area contributed by atoms with E-state index < -0.39 is 30.1 Å². The van der Waals surface area contributed by atoms with Crippen molar-refractivity contribution in [2.75, 3.05) is 6.61 Å². The number of ether oxygens (including phenoxy) is 1. The summed E-state index contributed by atoms with van der Waals surface area (Å²) in [5.41, 5.74) is -0.0181. The van der Waals surface area contributed by atoms with Gasteiger partial charge in [0, 0.05) is 12.5 Å². The zero-order valence-corrected chi connectivity index (χ0v) is 8.08. The van der Waals surface area contributed by atoms with Gasteiger partial charge in [-0.05, 0) is 6.08 Å². The van der Waals surface area contributed by atoms with Crippen LogP contribution >= 0.6 is 0 Å². The molecule has 1 aliphatic carbocycles. The molecule has 6 nitrogen and oxygen atoms in total. The second-order valence-corrected chi connectivity index (χ2v) is 3.26. The Labute approximate surface area is 85.8 Å². The fraction of sp³-hybridized carbons (Fsp3) is 0.556. The SMILES string of the molecule is CC(=O)OCC1=C[C@@H](O)[C@@H](O)[C@H](O)C1=O. The molecule has 0 aromatic carbocycles. The predicted molar refractivity (Wildman–Crippen MR) is 47.7 cm³/mol. The Morgan fingerprint density at radius 2 is 2.07 bits per heavy atom. The second-order valence-electron chi connectivity index (χ2n) is 3.26. The summed E-state index contributed by atoms with van der Waals surface area (Å²) in [6.07, 6.45) is -3.46. The minimum Gasteiger partial charge on any atom is -0.461 e. The molecule has 0 radical (unpaired) electrons. The van der Waals surface area contributed by atoms with Gasteiger partial charge < -0.3 is 20.1 Å². The van der Waals surface area contributed by atoms with Crippen LogP contribution in [0.2, 0.25) is 0 Å². The third-order valence-corrected chi connectivity index (χ3v) is 2.06. The molecule has 0 spiro atoms. The van der Waals surface area contributed by atoms with Crippen LogP contribution < -0.4 is 0 Å². The normalized spacial score (nSPS) is 31.1. The summed E-state index contributed by atoms with van der Waals surface area (Å²) in [6, 6.07) is 0. The maximum atomic E-state index is 11.3. The molecule has 3 atom stereocenters. The Bertz CT molecular complexity index is 308. The predicted octanol–water partition coefficient (Wildman–Crippen LogP) is -1.86. The first-order chi connectivity index (χ1) is 6.93. The molecule has 84 valence electrons. The van der Waals surface area contributed by atoms with Crippen molar-refractivity contribution in [3.63, 3.8) is 0 Å². The van der Waals surface area contributed by atoms with Crippen LogP contribution in [0.4, 0.5) is 0 Å². The van der Waals surface area contributed by atoms with Gasteiger partial charge in [-0.15, -0.1) is 0 Å². The molecule has 3 N–H and O–H groups in total. The summed E-state index contributed by atoms with van der Waals surface area (Å²) in [5.74, 6) is -1.31. The smallest absolute Gasteiger partial charge is 0.302 e. The third kappa shape index (κ3) is 2.62. The standard InChI is InChI=1S/C9H12O6/c1-4(10)15-3-5-2-6(11)8(13)9(14)7(5)12/h2,6,8-9,11,13-14H,3H2,1H3/t6-,8-,9-/m1/s1. The Hall–Kier alpha value is -1.24. The molecule has 0 aromatic heterocycles. The summed E-state index contributed by atoms with van der Waals surface area (Å²) < 4.78 is 4.55. The number of Topliss-reactive ketones (excluding diaryl/α,β-unsaturated/α-hetero) is 1. The quantitative estimate of drug-likeness (QED) is 0.468. The van der Waals surface area contributed by atoms with E-state index in [1.165, 1.54) is 6.92 Å². The van der Waals surface area contributed by atoms with E-state index in [2.05, 4.69) is 4.74 Å². The van der Waals surface area contributed by atoms with E-state index in [-0.39, 0.29) is 12.2 Å². The Morgan fingerprint density at radius 1 is 1.47 bits per heavy atom. The lowest BCUT2D eigenvalue weighted by molar-refractivity contribution is -0.142. The van der Waals surface area contributed by atoms with Gasteiger partial charge in [0.05, 0.1) is 0 Å². The highest BCUT2D eigenvalue weighted by atomic mass is 16.5. The minimum absolute atomic E-state index is 0.0181. The minimum atomic E-state index is -1.67. The number of carbonyl (C=O) groups is 2. The number of esters is 1. The summed E-state index contributed by atoms with van der Waals surface area (Å²) in [4.78, 5) is 21.8.